The lowest BCUT2D eigenvalue weighted by molar-refractivity contribution is -0.124. The number of nitrogens with one attached hydrogen (secondary N) is 1. The maximum atomic E-state index is 10.6. The molecule has 69 valence electrons. The zero-order valence-corrected chi connectivity index (χ0v) is 8.02. The smallest absolute Gasteiger partial charge is 0.234 e. The summed E-state index contributed by atoms with van der Waals surface area (Å²) in [7, 11) is 0. The normalized spacial score (nSPS) is 9.25. The van der Waals surface area contributed by atoms with Gasteiger partial charge in [-0.25, -0.2) is 4.42 Å². The Hall–Kier alpha value is -0.480. The number of halogens is 2. The zero-order chi connectivity index (χ0) is 9.56. The molecule has 0 aliphatic heterocycles. The van der Waals surface area contributed by atoms with E-state index in [9.17, 15) is 9.59 Å². The minimum absolute atomic E-state index is 0.101. The van der Waals surface area contributed by atoms with Crippen LogP contribution >= 0.6 is 23.4 Å². The van der Waals surface area contributed by atoms with Gasteiger partial charge in [-0.2, -0.15) is 0 Å². The summed E-state index contributed by atoms with van der Waals surface area (Å²) in [5.74, 6) is -0.714. The van der Waals surface area contributed by atoms with E-state index in [2.05, 4.69) is 5.32 Å². The first-order chi connectivity index (χ1) is 5.57. The van der Waals surface area contributed by atoms with Crippen LogP contribution < -0.4 is 5.32 Å². The van der Waals surface area contributed by atoms with E-state index in [1.807, 2.05) is 0 Å². The Morgan fingerprint density at radius 2 is 2.17 bits per heavy atom. The van der Waals surface area contributed by atoms with E-state index in [0.717, 1.165) is 4.42 Å². The van der Waals surface area contributed by atoms with Crippen molar-refractivity contribution >= 4 is 35.2 Å². The van der Waals surface area contributed by atoms with Crippen LogP contribution in [0.2, 0.25) is 0 Å². The summed E-state index contributed by atoms with van der Waals surface area (Å²) < 4.78 is 0.870. The van der Waals surface area contributed by atoms with Crippen molar-refractivity contribution in [3.8, 4) is 0 Å². The van der Waals surface area contributed by atoms with Crippen LogP contribution in [0.1, 0.15) is 6.92 Å². The predicted octanol–water partition coefficient (Wildman–Crippen LogP) is 0.505. The molecule has 0 aromatic rings. The topological polar surface area (TPSA) is 49.4 Å². The van der Waals surface area contributed by atoms with Crippen LogP contribution in [0.3, 0.4) is 0 Å². The second-order valence-electron chi connectivity index (χ2n) is 1.95. The highest BCUT2D eigenvalue weighted by atomic mass is 35.5. The number of amides is 2. The Kier molecular flexibility index (Phi) is 5.84. The molecule has 0 bridgehead atoms. The molecule has 0 heterocycles. The standard InChI is InChI=1S/C6H9Cl2N2O2/c1-5(11)10(8)3-2-9-6(12)4-7/h3H,2,4H2,1H3,(H,9,12). The van der Waals surface area contributed by atoms with Gasteiger partial charge in [0.25, 0.3) is 0 Å². The molecule has 0 atom stereocenters. The van der Waals surface area contributed by atoms with Crippen molar-refractivity contribution in [2.75, 3.05) is 12.4 Å². The summed E-state index contributed by atoms with van der Waals surface area (Å²) in [6.07, 6.45) is 0. The van der Waals surface area contributed by atoms with Gasteiger partial charge in [0.2, 0.25) is 11.8 Å². The van der Waals surface area contributed by atoms with E-state index >= 15 is 0 Å². The van der Waals surface area contributed by atoms with Gasteiger partial charge in [-0.3, -0.25) is 9.59 Å². The van der Waals surface area contributed by atoms with Crippen LogP contribution in [0.25, 0.3) is 0 Å². The third-order valence-corrected chi connectivity index (χ3v) is 1.59. The molecular weight excluding hydrogens is 203 g/mol. The molecule has 12 heavy (non-hydrogen) atoms. The van der Waals surface area contributed by atoms with E-state index in [-0.39, 0.29) is 24.2 Å². The van der Waals surface area contributed by atoms with Crippen LogP contribution in [0, 0.1) is 6.54 Å². The average molecular weight is 212 g/mol. The van der Waals surface area contributed by atoms with Gasteiger partial charge in [0.1, 0.15) is 5.88 Å². The van der Waals surface area contributed by atoms with Crippen molar-refractivity contribution < 1.29 is 9.59 Å². The molecule has 1 N–H and O–H groups in total. The third kappa shape index (κ3) is 5.21. The monoisotopic (exact) mass is 211 g/mol. The van der Waals surface area contributed by atoms with Crippen LogP contribution in [-0.4, -0.2) is 28.7 Å². The number of hydrogen-bond acceptors (Lipinski definition) is 2. The number of rotatable bonds is 4. The lowest BCUT2D eigenvalue weighted by atomic mass is 10.5. The number of nitrogens with zero attached hydrogens (tertiary/aromatic N) is 1. The molecule has 0 aliphatic carbocycles. The predicted molar refractivity (Wildman–Crippen MR) is 46.4 cm³/mol. The summed E-state index contributed by atoms with van der Waals surface area (Å²) in [5, 5.41) is 2.41. The molecule has 0 aliphatic rings. The quantitative estimate of drug-likeness (QED) is 0.545. The van der Waals surface area contributed by atoms with Crippen LogP contribution in [0.15, 0.2) is 0 Å². The number of hydrogen-bond donors (Lipinski definition) is 1. The van der Waals surface area contributed by atoms with Crippen molar-refractivity contribution in [1.82, 2.24) is 9.74 Å². The molecule has 0 unspecified atom stereocenters. The van der Waals surface area contributed by atoms with Gasteiger partial charge < -0.3 is 5.32 Å². The second-order valence-corrected chi connectivity index (χ2v) is 2.58. The van der Waals surface area contributed by atoms with Gasteiger partial charge >= 0.3 is 0 Å². The van der Waals surface area contributed by atoms with E-state index < -0.39 is 0 Å². The first-order valence-corrected chi connectivity index (χ1v) is 4.06. The molecule has 2 amide bonds. The van der Waals surface area contributed by atoms with E-state index in [0.29, 0.717) is 0 Å². The Labute approximate surface area is 80.9 Å². The van der Waals surface area contributed by atoms with Gasteiger partial charge in [-0.1, -0.05) is 0 Å². The second kappa shape index (κ2) is 6.08. The van der Waals surface area contributed by atoms with Gasteiger partial charge in [0.15, 0.2) is 0 Å². The average Bonchev–Trinajstić information content (AvgIpc) is 2.03. The molecule has 0 spiro atoms. The highest BCUT2D eigenvalue weighted by molar-refractivity contribution is 6.27. The van der Waals surface area contributed by atoms with Gasteiger partial charge in [-0.15, -0.1) is 11.6 Å². The molecule has 0 fully saturated rings. The van der Waals surface area contributed by atoms with Gasteiger partial charge in [0.05, 0.1) is 6.54 Å². The van der Waals surface area contributed by atoms with Crippen LogP contribution in [0.5, 0.6) is 0 Å². The number of alkyl halides is 1. The zero-order valence-electron chi connectivity index (χ0n) is 6.51. The van der Waals surface area contributed by atoms with E-state index in [1.54, 1.807) is 0 Å². The summed E-state index contributed by atoms with van der Waals surface area (Å²) in [6, 6.07) is 0. The summed E-state index contributed by atoms with van der Waals surface area (Å²) in [5.41, 5.74) is 0. The van der Waals surface area contributed by atoms with Crippen molar-refractivity contribution in [2.45, 2.75) is 6.92 Å². The molecule has 4 nitrogen and oxygen atoms in total. The Bertz CT molecular complexity index is 175. The summed E-state index contributed by atoms with van der Waals surface area (Å²) in [4.78, 5) is 21.1. The fourth-order valence-corrected chi connectivity index (χ4v) is 0.579. The molecule has 0 saturated heterocycles. The maximum Gasteiger partial charge on any atom is 0.234 e. The van der Waals surface area contributed by atoms with Crippen molar-refractivity contribution in [2.24, 2.45) is 0 Å². The van der Waals surface area contributed by atoms with Crippen molar-refractivity contribution in [3.63, 3.8) is 0 Å². The van der Waals surface area contributed by atoms with Gasteiger partial charge in [0, 0.05) is 25.2 Å². The lowest BCUT2D eigenvalue weighted by Gasteiger charge is -2.09. The van der Waals surface area contributed by atoms with Crippen molar-refractivity contribution in [1.29, 1.82) is 0 Å². The molecule has 0 saturated carbocycles. The first-order valence-electron chi connectivity index (χ1n) is 3.19. The maximum absolute atomic E-state index is 10.6. The summed E-state index contributed by atoms with van der Waals surface area (Å²) >= 11 is 10.6. The highest BCUT2D eigenvalue weighted by Crippen LogP contribution is 1.96. The molecular formula is C6H9Cl2N2O2. The molecule has 0 rings (SSSR count). The molecule has 0 aromatic heterocycles. The SMILES string of the molecule is CC(=O)N(Cl)[CH]CNC(=O)CCl. The molecule has 6 heteroatoms. The highest BCUT2D eigenvalue weighted by Gasteiger charge is 2.05. The number of carbonyl (C=O) groups excluding carboxylic acids is 2. The fraction of sp³-hybridized carbons (Fsp3) is 0.500. The van der Waals surface area contributed by atoms with E-state index in [1.165, 1.54) is 13.5 Å². The molecule has 0 aromatic carbocycles. The van der Waals surface area contributed by atoms with E-state index in [4.69, 9.17) is 23.4 Å². The number of carbonyl (C=O) groups is 2. The fourth-order valence-electron chi connectivity index (χ4n) is 0.415. The largest absolute Gasteiger partial charge is 0.353 e. The lowest BCUT2D eigenvalue weighted by Crippen LogP contribution is -2.29. The van der Waals surface area contributed by atoms with Gasteiger partial charge in [-0.05, 0) is 0 Å². The minimum Gasteiger partial charge on any atom is -0.353 e. The third-order valence-electron chi connectivity index (χ3n) is 0.973. The van der Waals surface area contributed by atoms with Crippen molar-refractivity contribution in [3.05, 3.63) is 6.54 Å². The van der Waals surface area contributed by atoms with Crippen LogP contribution in [0.4, 0.5) is 0 Å². The Balaban J connectivity index is 3.43. The minimum atomic E-state index is -0.309. The Morgan fingerprint density at radius 1 is 1.58 bits per heavy atom. The van der Waals surface area contributed by atoms with Crippen LogP contribution in [-0.2, 0) is 9.59 Å². The summed E-state index contributed by atoms with van der Waals surface area (Å²) in [6.45, 7) is 2.84. The first kappa shape index (κ1) is 11.5. The Morgan fingerprint density at radius 3 is 2.58 bits per heavy atom. The molecule has 1 radical (unpaired) electrons.